The van der Waals surface area contributed by atoms with E-state index in [1.165, 1.54) is 11.3 Å². The quantitative estimate of drug-likeness (QED) is 0.937. The van der Waals surface area contributed by atoms with Crippen LogP contribution in [0.4, 0.5) is 0 Å². The van der Waals surface area contributed by atoms with E-state index in [0.29, 0.717) is 5.02 Å². The van der Waals surface area contributed by atoms with E-state index in [4.69, 9.17) is 16.3 Å². The molecule has 6 nitrogen and oxygen atoms in total. The topological polar surface area (TPSA) is 59.0 Å². The highest BCUT2D eigenvalue weighted by Gasteiger charge is 2.42. The number of halogens is 1. The summed E-state index contributed by atoms with van der Waals surface area (Å²) < 4.78 is 8.07. The Hall–Kier alpha value is -1.37. The van der Waals surface area contributed by atoms with Crippen molar-refractivity contribution < 1.29 is 4.74 Å². The highest BCUT2D eigenvalue weighted by molar-refractivity contribution is 6.30. The fourth-order valence-electron chi connectivity index (χ4n) is 3.56. The van der Waals surface area contributed by atoms with Crippen LogP contribution in [0.1, 0.15) is 24.1 Å². The molecule has 118 valence electrons. The van der Waals surface area contributed by atoms with Gasteiger partial charge in [-0.2, -0.15) is 10.2 Å². The molecule has 0 amide bonds. The Morgan fingerprint density at radius 1 is 1.27 bits per heavy atom. The number of nitrogens with one attached hydrogen (secondary N) is 1. The van der Waals surface area contributed by atoms with Crippen LogP contribution in [0.25, 0.3) is 0 Å². The van der Waals surface area contributed by atoms with Gasteiger partial charge in [0, 0.05) is 25.8 Å². The zero-order valence-electron chi connectivity index (χ0n) is 12.5. The lowest BCUT2D eigenvalue weighted by atomic mass is 9.84. The Labute approximate surface area is 134 Å². The van der Waals surface area contributed by atoms with Crippen molar-refractivity contribution in [3.8, 4) is 0 Å². The maximum atomic E-state index is 6.17. The van der Waals surface area contributed by atoms with Crippen LogP contribution in [0.5, 0.6) is 0 Å². The standard InChI is InChI=1S/C15H20ClN5O/c16-13-10-18-21(11-13)7-6-20-4-2-15(3-5-20)14-12(1-8-22-15)9-17-19-14/h9-11H,1-8H2,(H,17,19). The van der Waals surface area contributed by atoms with Gasteiger partial charge in [0.05, 0.1) is 36.3 Å². The highest BCUT2D eigenvalue weighted by atomic mass is 35.5. The molecule has 2 aliphatic rings. The van der Waals surface area contributed by atoms with Crippen LogP contribution in [0.3, 0.4) is 0 Å². The minimum Gasteiger partial charge on any atom is -0.368 e. The monoisotopic (exact) mass is 321 g/mol. The predicted molar refractivity (Wildman–Crippen MR) is 82.8 cm³/mol. The molecule has 2 aromatic heterocycles. The van der Waals surface area contributed by atoms with Crippen LogP contribution in [0.2, 0.25) is 5.02 Å². The first-order valence-corrected chi connectivity index (χ1v) is 8.20. The molecule has 0 saturated carbocycles. The van der Waals surface area contributed by atoms with E-state index in [0.717, 1.165) is 52.0 Å². The van der Waals surface area contributed by atoms with Crippen LogP contribution >= 0.6 is 11.6 Å². The van der Waals surface area contributed by atoms with Gasteiger partial charge in [0.1, 0.15) is 5.60 Å². The second-order valence-electron chi connectivity index (χ2n) is 6.13. The van der Waals surface area contributed by atoms with Crippen molar-refractivity contribution in [2.24, 2.45) is 0 Å². The minimum absolute atomic E-state index is 0.143. The number of ether oxygens (including phenoxy) is 1. The first kappa shape index (κ1) is 14.2. The lowest BCUT2D eigenvalue weighted by Crippen LogP contribution is -2.47. The highest BCUT2D eigenvalue weighted by Crippen LogP contribution is 2.40. The molecule has 4 rings (SSSR count). The summed E-state index contributed by atoms with van der Waals surface area (Å²) in [5.74, 6) is 0. The molecule has 22 heavy (non-hydrogen) atoms. The van der Waals surface area contributed by atoms with Crippen molar-refractivity contribution in [2.75, 3.05) is 26.2 Å². The molecule has 4 heterocycles. The van der Waals surface area contributed by atoms with Crippen molar-refractivity contribution in [3.05, 3.63) is 34.9 Å². The molecule has 0 atom stereocenters. The van der Waals surface area contributed by atoms with Gasteiger partial charge in [0.15, 0.2) is 0 Å². The van der Waals surface area contributed by atoms with Crippen molar-refractivity contribution in [3.63, 3.8) is 0 Å². The van der Waals surface area contributed by atoms with E-state index in [2.05, 4.69) is 20.2 Å². The van der Waals surface area contributed by atoms with Gasteiger partial charge in [-0.05, 0) is 24.8 Å². The molecule has 7 heteroatoms. The van der Waals surface area contributed by atoms with Gasteiger partial charge in [-0.25, -0.2) is 0 Å². The average Bonchev–Trinajstić information content (AvgIpc) is 3.17. The molecule has 1 spiro atoms. The Morgan fingerprint density at radius 3 is 2.91 bits per heavy atom. The van der Waals surface area contributed by atoms with Gasteiger partial charge in [-0.15, -0.1) is 0 Å². The largest absolute Gasteiger partial charge is 0.368 e. The van der Waals surface area contributed by atoms with E-state index >= 15 is 0 Å². The molecule has 2 aromatic rings. The first-order valence-electron chi connectivity index (χ1n) is 7.82. The Balaban J connectivity index is 1.37. The number of aromatic amines is 1. The molecule has 0 unspecified atom stereocenters. The van der Waals surface area contributed by atoms with E-state index in [-0.39, 0.29) is 5.60 Å². The normalized spacial score (nSPS) is 21.1. The third-order valence-electron chi connectivity index (χ3n) is 4.83. The van der Waals surface area contributed by atoms with Crippen LogP contribution in [-0.2, 0) is 23.3 Å². The van der Waals surface area contributed by atoms with Crippen molar-refractivity contribution in [1.29, 1.82) is 0 Å². The second-order valence-corrected chi connectivity index (χ2v) is 6.56. The lowest BCUT2D eigenvalue weighted by molar-refractivity contribution is -0.101. The predicted octanol–water partition coefficient (Wildman–Crippen LogP) is 1.82. The van der Waals surface area contributed by atoms with Crippen molar-refractivity contribution in [2.45, 2.75) is 31.4 Å². The lowest BCUT2D eigenvalue weighted by Gasteiger charge is -2.43. The molecule has 0 aliphatic carbocycles. The van der Waals surface area contributed by atoms with Gasteiger partial charge < -0.3 is 9.64 Å². The SMILES string of the molecule is Clc1cnn(CCN2CCC3(CC2)OCCc2cn[nH]c23)c1. The molecule has 1 N–H and O–H groups in total. The number of hydrogen-bond donors (Lipinski definition) is 1. The van der Waals surface area contributed by atoms with Gasteiger partial charge in [0.25, 0.3) is 0 Å². The Morgan fingerprint density at radius 2 is 2.14 bits per heavy atom. The maximum Gasteiger partial charge on any atom is 0.112 e. The maximum absolute atomic E-state index is 6.17. The zero-order chi connectivity index (χ0) is 15.0. The molecule has 0 bridgehead atoms. The summed E-state index contributed by atoms with van der Waals surface area (Å²) in [6.45, 7) is 4.74. The summed E-state index contributed by atoms with van der Waals surface area (Å²) in [6.07, 6.45) is 8.51. The first-order chi connectivity index (χ1) is 10.8. The summed E-state index contributed by atoms with van der Waals surface area (Å²) in [4.78, 5) is 2.47. The number of aromatic nitrogens is 4. The van der Waals surface area contributed by atoms with Gasteiger partial charge in [0.2, 0.25) is 0 Å². The molecule has 0 radical (unpaired) electrons. The summed E-state index contributed by atoms with van der Waals surface area (Å²) in [5.41, 5.74) is 2.39. The van der Waals surface area contributed by atoms with Crippen molar-refractivity contribution >= 4 is 11.6 Å². The molecule has 0 aromatic carbocycles. The van der Waals surface area contributed by atoms with Crippen LogP contribution in [0, 0.1) is 0 Å². The van der Waals surface area contributed by atoms with E-state index in [9.17, 15) is 0 Å². The fraction of sp³-hybridized carbons (Fsp3) is 0.600. The smallest absolute Gasteiger partial charge is 0.112 e. The third kappa shape index (κ3) is 2.55. The van der Waals surface area contributed by atoms with E-state index < -0.39 is 0 Å². The third-order valence-corrected chi connectivity index (χ3v) is 5.03. The van der Waals surface area contributed by atoms with Crippen molar-refractivity contribution in [1.82, 2.24) is 24.9 Å². The van der Waals surface area contributed by atoms with Crippen LogP contribution < -0.4 is 0 Å². The number of nitrogens with zero attached hydrogens (tertiary/aromatic N) is 4. The van der Waals surface area contributed by atoms with Crippen LogP contribution in [-0.4, -0.2) is 51.1 Å². The average molecular weight is 322 g/mol. The molecular formula is C15H20ClN5O. The number of hydrogen-bond acceptors (Lipinski definition) is 4. The number of piperidine rings is 1. The van der Waals surface area contributed by atoms with E-state index in [1.807, 2.05) is 17.1 Å². The van der Waals surface area contributed by atoms with Gasteiger partial charge in [-0.1, -0.05) is 11.6 Å². The number of likely N-dealkylation sites (tertiary alicyclic amines) is 1. The minimum atomic E-state index is -0.143. The molecule has 1 saturated heterocycles. The summed E-state index contributed by atoms with van der Waals surface area (Å²) in [7, 11) is 0. The Bertz CT molecular complexity index is 644. The second kappa shape index (κ2) is 5.68. The van der Waals surface area contributed by atoms with E-state index in [1.54, 1.807) is 6.20 Å². The number of rotatable bonds is 3. The molecule has 1 fully saturated rings. The van der Waals surface area contributed by atoms with Gasteiger partial charge >= 0.3 is 0 Å². The van der Waals surface area contributed by atoms with Gasteiger partial charge in [-0.3, -0.25) is 9.78 Å². The molecule has 2 aliphatic heterocycles. The summed E-state index contributed by atoms with van der Waals surface area (Å²) in [6, 6.07) is 0. The Kier molecular flexibility index (Phi) is 3.68. The summed E-state index contributed by atoms with van der Waals surface area (Å²) in [5, 5.41) is 12.3. The molecular weight excluding hydrogens is 302 g/mol. The van der Waals surface area contributed by atoms with Crippen LogP contribution in [0.15, 0.2) is 18.6 Å². The fourth-order valence-corrected chi connectivity index (χ4v) is 3.72. The number of H-pyrrole nitrogens is 1. The summed E-state index contributed by atoms with van der Waals surface area (Å²) >= 11 is 5.89. The number of fused-ring (bicyclic) bond motifs is 2. The zero-order valence-corrected chi connectivity index (χ0v) is 13.2.